The van der Waals surface area contributed by atoms with Gasteiger partial charge in [0, 0.05) is 25.8 Å². The molecule has 5 heteroatoms. The first kappa shape index (κ1) is 14.8. The van der Waals surface area contributed by atoms with Crippen LogP contribution in [-0.4, -0.2) is 47.5 Å². The SMILES string of the molecule is Brc1cnn(C(CCN2CCOCC2)c2ccccc2)c1. The summed E-state index contributed by atoms with van der Waals surface area (Å²) in [6.45, 7) is 4.83. The second kappa shape index (κ2) is 7.20. The Kier molecular flexibility index (Phi) is 5.06. The van der Waals surface area contributed by atoms with Gasteiger partial charge in [-0.1, -0.05) is 30.3 Å². The fourth-order valence-corrected chi connectivity index (χ4v) is 3.04. The summed E-state index contributed by atoms with van der Waals surface area (Å²) in [5.74, 6) is 0. The van der Waals surface area contributed by atoms with E-state index in [4.69, 9.17) is 4.74 Å². The summed E-state index contributed by atoms with van der Waals surface area (Å²) in [4.78, 5) is 2.47. The van der Waals surface area contributed by atoms with Crippen LogP contribution in [0.1, 0.15) is 18.0 Å². The molecule has 112 valence electrons. The van der Waals surface area contributed by atoms with Crippen molar-refractivity contribution >= 4 is 15.9 Å². The molecule has 1 aliphatic heterocycles. The molecule has 1 aromatic heterocycles. The van der Waals surface area contributed by atoms with Gasteiger partial charge < -0.3 is 4.74 Å². The van der Waals surface area contributed by atoms with Crippen LogP contribution in [0.2, 0.25) is 0 Å². The van der Waals surface area contributed by atoms with Crippen LogP contribution in [0.5, 0.6) is 0 Å². The molecule has 0 aliphatic carbocycles. The van der Waals surface area contributed by atoms with Crippen LogP contribution >= 0.6 is 15.9 Å². The number of aromatic nitrogens is 2. The van der Waals surface area contributed by atoms with Gasteiger partial charge in [-0.2, -0.15) is 5.10 Å². The number of hydrogen-bond acceptors (Lipinski definition) is 3. The van der Waals surface area contributed by atoms with Crippen LogP contribution < -0.4 is 0 Å². The monoisotopic (exact) mass is 349 g/mol. The van der Waals surface area contributed by atoms with Crippen LogP contribution in [0, 0.1) is 0 Å². The predicted octanol–water partition coefficient (Wildman–Crippen LogP) is 2.96. The van der Waals surface area contributed by atoms with E-state index in [2.05, 4.69) is 67.1 Å². The zero-order valence-electron chi connectivity index (χ0n) is 12.0. The molecule has 21 heavy (non-hydrogen) atoms. The minimum absolute atomic E-state index is 0.278. The summed E-state index contributed by atoms with van der Waals surface area (Å²) in [7, 11) is 0. The van der Waals surface area contributed by atoms with Gasteiger partial charge in [-0.3, -0.25) is 9.58 Å². The van der Waals surface area contributed by atoms with Gasteiger partial charge in [0.15, 0.2) is 0 Å². The molecule has 2 heterocycles. The van der Waals surface area contributed by atoms with Gasteiger partial charge in [-0.25, -0.2) is 0 Å². The van der Waals surface area contributed by atoms with Crippen molar-refractivity contribution in [2.75, 3.05) is 32.8 Å². The Hall–Kier alpha value is -1.17. The maximum Gasteiger partial charge on any atom is 0.0781 e. The van der Waals surface area contributed by atoms with E-state index < -0.39 is 0 Å². The Bertz CT molecular complexity index is 552. The van der Waals surface area contributed by atoms with Crippen LogP contribution in [-0.2, 0) is 4.74 Å². The lowest BCUT2D eigenvalue weighted by Gasteiger charge is -2.28. The molecule has 0 spiro atoms. The lowest BCUT2D eigenvalue weighted by molar-refractivity contribution is 0.0360. The molecule has 1 aromatic carbocycles. The van der Waals surface area contributed by atoms with E-state index in [1.165, 1.54) is 5.56 Å². The molecule has 0 amide bonds. The summed E-state index contributed by atoms with van der Waals surface area (Å²) in [5, 5.41) is 4.48. The standard InChI is InChI=1S/C16H20BrN3O/c17-15-12-18-20(13-15)16(14-4-2-1-3-5-14)6-7-19-8-10-21-11-9-19/h1-5,12-13,16H,6-11H2. The van der Waals surface area contributed by atoms with E-state index in [-0.39, 0.29) is 6.04 Å². The lowest BCUT2D eigenvalue weighted by Crippen LogP contribution is -2.37. The van der Waals surface area contributed by atoms with Gasteiger partial charge in [-0.05, 0) is 27.9 Å². The highest BCUT2D eigenvalue weighted by Crippen LogP contribution is 2.23. The summed E-state index contributed by atoms with van der Waals surface area (Å²) in [5.41, 5.74) is 1.31. The van der Waals surface area contributed by atoms with Gasteiger partial charge in [0.2, 0.25) is 0 Å². The first-order chi connectivity index (χ1) is 10.3. The van der Waals surface area contributed by atoms with Crippen molar-refractivity contribution < 1.29 is 4.74 Å². The fourth-order valence-electron chi connectivity index (χ4n) is 2.74. The van der Waals surface area contributed by atoms with Gasteiger partial charge in [0.05, 0.1) is 29.9 Å². The molecule has 1 atom stereocenters. The molecule has 3 rings (SSSR count). The number of ether oxygens (including phenoxy) is 1. The second-order valence-electron chi connectivity index (χ2n) is 5.31. The summed E-state index contributed by atoms with van der Waals surface area (Å²) < 4.78 is 8.49. The topological polar surface area (TPSA) is 30.3 Å². The van der Waals surface area contributed by atoms with Crippen LogP contribution in [0.3, 0.4) is 0 Å². The van der Waals surface area contributed by atoms with Crippen LogP contribution in [0.25, 0.3) is 0 Å². The number of morpholine rings is 1. The highest BCUT2D eigenvalue weighted by atomic mass is 79.9. The zero-order chi connectivity index (χ0) is 14.5. The molecule has 1 unspecified atom stereocenters. The molecule has 2 aromatic rings. The number of rotatable bonds is 5. The van der Waals surface area contributed by atoms with Crippen molar-refractivity contribution in [1.29, 1.82) is 0 Å². The van der Waals surface area contributed by atoms with Crippen LogP contribution in [0.15, 0.2) is 47.2 Å². The predicted molar refractivity (Wildman–Crippen MR) is 86.4 cm³/mol. The lowest BCUT2D eigenvalue weighted by atomic mass is 10.0. The quantitative estimate of drug-likeness (QED) is 0.831. The Morgan fingerprint density at radius 2 is 1.95 bits per heavy atom. The van der Waals surface area contributed by atoms with Crippen molar-refractivity contribution in [3.05, 3.63) is 52.8 Å². The van der Waals surface area contributed by atoms with Crippen molar-refractivity contribution in [3.63, 3.8) is 0 Å². The van der Waals surface area contributed by atoms with Crippen LogP contribution in [0.4, 0.5) is 0 Å². The fraction of sp³-hybridized carbons (Fsp3) is 0.438. The highest BCUT2D eigenvalue weighted by molar-refractivity contribution is 9.10. The van der Waals surface area contributed by atoms with Crippen molar-refractivity contribution in [3.8, 4) is 0 Å². The summed E-state index contributed by atoms with van der Waals surface area (Å²) >= 11 is 3.49. The summed E-state index contributed by atoms with van der Waals surface area (Å²) in [6.07, 6.45) is 4.96. The first-order valence-electron chi connectivity index (χ1n) is 7.37. The average Bonchev–Trinajstić information content (AvgIpc) is 2.96. The highest BCUT2D eigenvalue weighted by Gasteiger charge is 2.17. The largest absolute Gasteiger partial charge is 0.379 e. The maximum atomic E-state index is 5.41. The van der Waals surface area contributed by atoms with E-state index in [9.17, 15) is 0 Å². The normalized spacial score (nSPS) is 17.8. The number of halogens is 1. The molecule has 0 saturated carbocycles. The Morgan fingerprint density at radius 1 is 1.19 bits per heavy atom. The van der Waals surface area contributed by atoms with Crippen molar-refractivity contribution in [2.24, 2.45) is 0 Å². The number of benzene rings is 1. The van der Waals surface area contributed by atoms with Gasteiger partial charge in [-0.15, -0.1) is 0 Å². The third-order valence-electron chi connectivity index (χ3n) is 3.90. The molecular formula is C16H20BrN3O. The zero-order valence-corrected chi connectivity index (χ0v) is 13.6. The van der Waals surface area contributed by atoms with E-state index in [0.29, 0.717) is 0 Å². The third-order valence-corrected chi connectivity index (χ3v) is 4.31. The van der Waals surface area contributed by atoms with Gasteiger partial charge >= 0.3 is 0 Å². The minimum atomic E-state index is 0.278. The minimum Gasteiger partial charge on any atom is -0.379 e. The van der Waals surface area contributed by atoms with Gasteiger partial charge in [0.1, 0.15) is 0 Å². The van der Waals surface area contributed by atoms with Crippen molar-refractivity contribution in [1.82, 2.24) is 14.7 Å². The molecule has 1 aliphatic rings. The van der Waals surface area contributed by atoms with Gasteiger partial charge in [0.25, 0.3) is 0 Å². The van der Waals surface area contributed by atoms with E-state index in [1.54, 1.807) is 0 Å². The van der Waals surface area contributed by atoms with E-state index >= 15 is 0 Å². The smallest absolute Gasteiger partial charge is 0.0781 e. The average molecular weight is 350 g/mol. The Morgan fingerprint density at radius 3 is 2.62 bits per heavy atom. The molecule has 4 nitrogen and oxygen atoms in total. The summed E-state index contributed by atoms with van der Waals surface area (Å²) in [6, 6.07) is 10.9. The molecule has 0 bridgehead atoms. The second-order valence-corrected chi connectivity index (χ2v) is 6.22. The molecular weight excluding hydrogens is 330 g/mol. The number of hydrogen-bond donors (Lipinski definition) is 0. The maximum absolute atomic E-state index is 5.41. The number of nitrogens with zero attached hydrogens (tertiary/aromatic N) is 3. The molecule has 0 radical (unpaired) electrons. The van der Waals surface area contributed by atoms with E-state index in [0.717, 1.165) is 43.7 Å². The Labute approximate surface area is 133 Å². The molecule has 1 fully saturated rings. The Balaban J connectivity index is 1.73. The first-order valence-corrected chi connectivity index (χ1v) is 8.17. The van der Waals surface area contributed by atoms with E-state index in [1.807, 2.05) is 6.20 Å². The van der Waals surface area contributed by atoms with Crippen molar-refractivity contribution in [2.45, 2.75) is 12.5 Å². The molecule has 1 saturated heterocycles. The third kappa shape index (κ3) is 3.93. The molecule has 0 N–H and O–H groups in total.